The van der Waals surface area contributed by atoms with Gasteiger partial charge in [-0.25, -0.2) is 13.2 Å². The summed E-state index contributed by atoms with van der Waals surface area (Å²) in [6, 6.07) is 6.34. The van der Waals surface area contributed by atoms with Crippen LogP contribution in [0.15, 0.2) is 34.5 Å². The standard InChI is InChI=1S/C19H22N2O7S2/c1-13-11-14(28-12-17(22)26-2)3-4-15(13)20-19(23)18-16(5-10-29-18)30(24,25)21-6-8-27-9-7-21/h3-5,10-11H,6-9,12H2,1-2H3,(H,20,23). The fraction of sp³-hybridized carbons (Fsp3) is 0.368. The third-order valence-corrected chi connectivity index (χ3v) is 7.44. The summed E-state index contributed by atoms with van der Waals surface area (Å²) in [6.45, 7) is 2.71. The number of nitrogens with one attached hydrogen (secondary N) is 1. The number of rotatable bonds is 7. The summed E-state index contributed by atoms with van der Waals surface area (Å²) < 4.78 is 42.2. The molecule has 2 heterocycles. The van der Waals surface area contributed by atoms with Gasteiger partial charge in [0.2, 0.25) is 10.0 Å². The van der Waals surface area contributed by atoms with Crippen LogP contribution in [0.3, 0.4) is 0 Å². The van der Waals surface area contributed by atoms with Gasteiger partial charge in [-0.3, -0.25) is 4.79 Å². The van der Waals surface area contributed by atoms with E-state index in [0.29, 0.717) is 30.2 Å². The topological polar surface area (TPSA) is 111 Å². The lowest BCUT2D eigenvalue weighted by Gasteiger charge is -2.26. The van der Waals surface area contributed by atoms with Crippen molar-refractivity contribution in [2.24, 2.45) is 0 Å². The Balaban J connectivity index is 1.74. The first-order chi connectivity index (χ1) is 14.3. The highest BCUT2D eigenvalue weighted by Crippen LogP contribution is 2.28. The highest BCUT2D eigenvalue weighted by molar-refractivity contribution is 7.89. The molecule has 11 heteroatoms. The number of carbonyl (C=O) groups is 2. The van der Waals surface area contributed by atoms with Crippen LogP contribution in [0.1, 0.15) is 15.2 Å². The fourth-order valence-corrected chi connectivity index (χ4v) is 5.54. The van der Waals surface area contributed by atoms with Crippen LogP contribution in [0.4, 0.5) is 5.69 Å². The van der Waals surface area contributed by atoms with Crippen LogP contribution in [-0.2, 0) is 24.3 Å². The van der Waals surface area contributed by atoms with E-state index in [0.717, 1.165) is 11.3 Å². The quantitative estimate of drug-likeness (QED) is 0.636. The van der Waals surface area contributed by atoms with E-state index in [2.05, 4.69) is 10.1 Å². The maximum Gasteiger partial charge on any atom is 0.343 e. The maximum atomic E-state index is 12.9. The zero-order valence-electron chi connectivity index (χ0n) is 16.5. The highest BCUT2D eigenvalue weighted by atomic mass is 32.2. The van der Waals surface area contributed by atoms with Crippen LogP contribution >= 0.6 is 11.3 Å². The molecule has 162 valence electrons. The van der Waals surface area contributed by atoms with E-state index in [1.165, 1.54) is 17.5 Å². The number of methoxy groups -OCH3 is 1. The number of amides is 1. The SMILES string of the molecule is COC(=O)COc1ccc(NC(=O)c2sccc2S(=O)(=O)N2CCOCC2)c(C)c1. The number of carbonyl (C=O) groups excluding carboxylic acids is 2. The number of anilines is 1. The molecular weight excluding hydrogens is 432 g/mol. The third kappa shape index (κ3) is 4.98. The fourth-order valence-electron chi connectivity index (χ4n) is 2.84. The largest absolute Gasteiger partial charge is 0.482 e. The summed E-state index contributed by atoms with van der Waals surface area (Å²) in [4.78, 5) is 24.1. The predicted molar refractivity (Wildman–Crippen MR) is 111 cm³/mol. The van der Waals surface area contributed by atoms with Gasteiger partial charge < -0.3 is 19.5 Å². The molecule has 0 saturated carbocycles. The van der Waals surface area contributed by atoms with Gasteiger partial charge in [-0.1, -0.05) is 0 Å². The summed E-state index contributed by atoms with van der Waals surface area (Å²) in [5.74, 6) is -0.567. The molecule has 1 amide bonds. The van der Waals surface area contributed by atoms with Gasteiger partial charge in [0, 0.05) is 18.8 Å². The average Bonchev–Trinajstić information content (AvgIpc) is 3.25. The maximum absolute atomic E-state index is 12.9. The molecule has 1 aromatic carbocycles. The second kappa shape index (κ2) is 9.56. The number of benzene rings is 1. The van der Waals surface area contributed by atoms with Crippen LogP contribution in [0.2, 0.25) is 0 Å². The number of hydrogen-bond donors (Lipinski definition) is 1. The van der Waals surface area contributed by atoms with Gasteiger partial charge in [0.15, 0.2) is 6.61 Å². The average molecular weight is 455 g/mol. The number of hydrogen-bond acceptors (Lipinski definition) is 8. The van der Waals surface area contributed by atoms with Crippen molar-refractivity contribution in [1.82, 2.24) is 4.31 Å². The Morgan fingerprint density at radius 2 is 1.97 bits per heavy atom. The summed E-state index contributed by atoms with van der Waals surface area (Å²) >= 11 is 1.07. The Morgan fingerprint density at radius 1 is 1.23 bits per heavy atom. The van der Waals surface area contributed by atoms with Crippen molar-refractivity contribution in [3.8, 4) is 5.75 Å². The van der Waals surface area contributed by atoms with Gasteiger partial charge in [0.25, 0.3) is 5.91 Å². The van der Waals surface area contributed by atoms with Crippen molar-refractivity contribution < 1.29 is 32.2 Å². The molecule has 1 fully saturated rings. The third-order valence-electron chi connectivity index (χ3n) is 4.45. The van der Waals surface area contributed by atoms with E-state index >= 15 is 0 Å². The first-order valence-electron chi connectivity index (χ1n) is 9.10. The molecule has 1 aliphatic rings. The molecule has 2 aromatic rings. The van der Waals surface area contributed by atoms with Crippen molar-refractivity contribution in [2.45, 2.75) is 11.8 Å². The minimum atomic E-state index is -3.78. The molecule has 1 aliphatic heterocycles. The van der Waals surface area contributed by atoms with Crippen LogP contribution < -0.4 is 10.1 Å². The molecule has 0 aliphatic carbocycles. The summed E-state index contributed by atoms with van der Waals surface area (Å²) in [5, 5.41) is 4.33. The van der Waals surface area contributed by atoms with E-state index < -0.39 is 21.9 Å². The normalized spacial score (nSPS) is 14.9. The Morgan fingerprint density at radius 3 is 2.63 bits per heavy atom. The van der Waals surface area contributed by atoms with Gasteiger partial charge in [-0.05, 0) is 42.1 Å². The number of esters is 1. The highest BCUT2D eigenvalue weighted by Gasteiger charge is 2.31. The minimum absolute atomic E-state index is 0.0115. The van der Waals surface area contributed by atoms with E-state index in [9.17, 15) is 18.0 Å². The van der Waals surface area contributed by atoms with E-state index in [4.69, 9.17) is 9.47 Å². The Kier molecular flexibility index (Phi) is 7.08. The van der Waals surface area contributed by atoms with E-state index in [1.54, 1.807) is 30.5 Å². The van der Waals surface area contributed by atoms with Gasteiger partial charge in [-0.2, -0.15) is 4.31 Å². The lowest BCUT2D eigenvalue weighted by atomic mass is 10.2. The lowest BCUT2D eigenvalue weighted by molar-refractivity contribution is -0.142. The van der Waals surface area contributed by atoms with Crippen molar-refractivity contribution in [2.75, 3.05) is 45.3 Å². The van der Waals surface area contributed by atoms with Gasteiger partial charge in [-0.15, -0.1) is 11.3 Å². The number of ether oxygens (including phenoxy) is 3. The van der Waals surface area contributed by atoms with Crippen molar-refractivity contribution in [3.63, 3.8) is 0 Å². The molecule has 1 N–H and O–H groups in total. The van der Waals surface area contributed by atoms with Crippen LogP contribution in [0.25, 0.3) is 0 Å². The predicted octanol–water partition coefficient (Wildman–Crippen LogP) is 1.88. The number of morpholine rings is 1. The van der Waals surface area contributed by atoms with Gasteiger partial charge in [0.05, 0.1) is 20.3 Å². The number of sulfonamides is 1. The molecular formula is C19H22N2O7S2. The first-order valence-corrected chi connectivity index (χ1v) is 11.4. The zero-order chi connectivity index (χ0) is 21.7. The molecule has 0 atom stereocenters. The number of nitrogens with zero attached hydrogens (tertiary/aromatic N) is 1. The zero-order valence-corrected chi connectivity index (χ0v) is 18.2. The lowest BCUT2D eigenvalue weighted by Crippen LogP contribution is -2.41. The summed E-state index contributed by atoms with van der Waals surface area (Å²) in [7, 11) is -2.51. The van der Waals surface area contributed by atoms with Crippen molar-refractivity contribution in [1.29, 1.82) is 0 Å². The summed E-state index contributed by atoms with van der Waals surface area (Å²) in [6.07, 6.45) is 0. The molecule has 0 spiro atoms. The Labute approximate surface area is 178 Å². The second-order valence-corrected chi connectivity index (χ2v) is 9.25. The molecule has 30 heavy (non-hydrogen) atoms. The molecule has 1 aromatic heterocycles. The monoisotopic (exact) mass is 454 g/mol. The van der Waals surface area contributed by atoms with Crippen LogP contribution in [0.5, 0.6) is 5.75 Å². The minimum Gasteiger partial charge on any atom is -0.482 e. The smallest absolute Gasteiger partial charge is 0.343 e. The Hall–Kier alpha value is -2.47. The van der Waals surface area contributed by atoms with E-state index in [1.807, 2.05) is 0 Å². The second-order valence-electron chi connectivity index (χ2n) is 6.43. The van der Waals surface area contributed by atoms with Crippen molar-refractivity contribution >= 4 is 38.9 Å². The van der Waals surface area contributed by atoms with E-state index in [-0.39, 0.29) is 29.5 Å². The van der Waals surface area contributed by atoms with Gasteiger partial charge >= 0.3 is 5.97 Å². The van der Waals surface area contributed by atoms with Crippen molar-refractivity contribution in [3.05, 3.63) is 40.1 Å². The van der Waals surface area contributed by atoms with Crippen LogP contribution in [0, 0.1) is 6.92 Å². The molecule has 0 radical (unpaired) electrons. The number of aryl methyl sites for hydroxylation is 1. The molecule has 0 unspecified atom stereocenters. The molecule has 0 bridgehead atoms. The van der Waals surface area contributed by atoms with Crippen LogP contribution in [-0.4, -0.2) is 64.6 Å². The summed E-state index contributed by atoms with van der Waals surface area (Å²) in [5.41, 5.74) is 1.20. The molecule has 3 rings (SSSR count). The first kappa shape index (κ1) is 22.2. The number of thiophene rings is 1. The Bertz CT molecular complexity index is 1030. The molecule has 9 nitrogen and oxygen atoms in total. The molecule has 1 saturated heterocycles. The van der Waals surface area contributed by atoms with Gasteiger partial charge in [0.1, 0.15) is 15.5 Å².